The molecular weight excluding hydrogens is 374 g/mol. The van der Waals surface area contributed by atoms with Crippen molar-refractivity contribution >= 4 is 11.8 Å². The predicted molar refractivity (Wildman–Crippen MR) is 115 cm³/mol. The molecule has 2 saturated carbocycles. The Morgan fingerprint density at radius 3 is 2.53 bits per heavy atom. The number of rotatable bonds is 5. The molecule has 2 aliphatic carbocycles. The number of nitrogens with zero attached hydrogens (tertiary/aromatic N) is 2. The van der Waals surface area contributed by atoms with Gasteiger partial charge in [-0.2, -0.15) is 0 Å². The average Bonchev–Trinajstić information content (AvgIpc) is 3.56. The predicted octanol–water partition coefficient (Wildman–Crippen LogP) is 3.41. The molecule has 2 aromatic rings. The second-order valence-corrected chi connectivity index (χ2v) is 9.10. The fourth-order valence-corrected chi connectivity index (χ4v) is 5.21. The molecule has 0 bridgehead atoms. The third-order valence-electron chi connectivity index (χ3n) is 7.19. The molecule has 1 aromatic heterocycles. The van der Waals surface area contributed by atoms with Gasteiger partial charge in [0.25, 0.3) is 0 Å². The molecule has 1 unspecified atom stereocenters. The number of nitrogens with one attached hydrogen (secondary N) is 1. The van der Waals surface area contributed by atoms with Gasteiger partial charge in [-0.25, -0.2) is 0 Å². The van der Waals surface area contributed by atoms with Gasteiger partial charge in [-0.05, 0) is 49.8 Å². The van der Waals surface area contributed by atoms with Crippen molar-refractivity contribution in [3.8, 4) is 0 Å². The molecule has 5 nitrogen and oxygen atoms in total. The van der Waals surface area contributed by atoms with Crippen LogP contribution in [0.3, 0.4) is 0 Å². The fourth-order valence-electron chi connectivity index (χ4n) is 5.21. The average molecular weight is 404 g/mol. The number of pyridine rings is 1. The highest BCUT2D eigenvalue weighted by atomic mass is 16.2. The van der Waals surface area contributed by atoms with Gasteiger partial charge in [0, 0.05) is 42.9 Å². The Morgan fingerprint density at radius 2 is 1.83 bits per heavy atom. The Kier molecular flexibility index (Phi) is 5.05. The largest absolute Gasteiger partial charge is 0.351 e. The molecule has 3 fully saturated rings. The number of hydrogen-bond acceptors (Lipinski definition) is 3. The van der Waals surface area contributed by atoms with Crippen LogP contribution in [0.5, 0.6) is 0 Å². The molecule has 1 aromatic carbocycles. The van der Waals surface area contributed by atoms with Crippen molar-refractivity contribution in [1.29, 1.82) is 0 Å². The van der Waals surface area contributed by atoms with Crippen LogP contribution in [-0.2, 0) is 15.0 Å². The number of aromatic nitrogens is 1. The smallest absolute Gasteiger partial charge is 0.233 e. The standard InChI is InChI=1S/C25H29N3O2/c29-23(21-16-20(21)22-11-4-5-14-26-22)27-19-10-6-15-28(17-19)24(30)25(12-7-13-25)18-8-2-1-3-9-18/h1-5,8-9,11,14,19-21H,6-7,10,12-13,15-17H2,(H,27,29)/t19?,20-,21-/m1/s1. The summed E-state index contributed by atoms with van der Waals surface area (Å²) in [7, 11) is 0. The minimum atomic E-state index is -0.353. The third-order valence-corrected chi connectivity index (χ3v) is 7.19. The summed E-state index contributed by atoms with van der Waals surface area (Å²) in [6.07, 6.45) is 7.50. The SMILES string of the molecule is O=C(NC1CCCN(C(=O)C2(c3ccccc3)CCC2)C1)[C@@H]1C[C@H]1c1ccccn1. The maximum Gasteiger partial charge on any atom is 0.233 e. The van der Waals surface area contributed by atoms with Crippen molar-refractivity contribution in [2.45, 2.75) is 55.9 Å². The molecule has 1 saturated heterocycles. The minimum Gasteiger partial charge on any atom is -0.351 e. The van der Waals surface area contributed by atoms with Crippen LogP contribution in [0.4, 0.5) is 0 Å². The molecule has 1 N–H and O–H groups in total. The highest BCUT2D eigenvalue weighted by molar-refractivity contribution is 5.89. The molecule has 3 atom stereocenters. The zero-order valence-corrected chi connectivity index (χ0v) is 17.3. The molecule has 2 amide bonds. The summed E-state index contributed by atoms with van der Waals surface area (Å²) in [5, 5.41) is 3.23. The summed E-state index contributed by atoms with van der Waals surface area (Å²) in [6.45, 7) is 1.42. The van der Waals surface area contributed by atoms with Crippen molar-refractivity contribution in [1.82, 2.24) is 15.2 Å². The molecule has 30 heavy (non-hydrogen) atoms. The van der Waals surface area contributed by atoms with Crippen LogP contribution < -0.4 is 5.32 Å². The van der Waals surface area contributed by atoms with E-state index < -0.39 is 0 Å². The Morgan fingerprint density at radius 1 is 1.03 bits per heavy atom. The van der Waals surface area contributed by atoms with E-state index >= 15 is 0 Å². The second-order valence-electron chi connectivity index (χ2n) is 9.10. The van der Waals surface area contributed by atoms with Crippen LogP contribution >= 0.6 is 0 Å². The van der Waals surface area contributed by atoms with E-state index in [1.165, 1.54) is 0 Å². The summed E-state index contributed by atoms with van der Waals surface area (Å²) in [5.41, 5.74) is 1.80. The summed E-state index contributed by atoms with van der Waals surface area (Å²) >= 11 is 0. The molecule has 0 spiro atoms. The van der Waals surface area contributed by atoms with E-state index in [4.69, 9.17) is 0 Å². The van der Waals surface area contributed by atoms with Crippen molar-refractivity contribution in [3.05, 3.63) is 66.0 Å². The van der Waals surface area contributed by atoms with E-state index in [2.05, 4.69) is 22.4 Å². The first-order valence-electron chi connectivity index (χ1n) is 11.2. The van der Waals surface area contributed by atoms with Crippen LogP contribution in [0, 0.1) is 5.92 Å². The normalized spacial score (nSPS) is 27.1. The van der Waals surface area contributed by atoms with Crippen LogP contribution in [0.15, 0.2) is 54.7 Å². The quantitative estimate of drug-likeness (QED) is 0.832. The Labute approximate surface area is 177 Å². The zero-order valence-electron chi connectivity index (χ0n) is 17.3. The molecule has 3 aliphatic rings. The van der Waals surface area contributed by atoms with E-state index in [1.54, 1.807) is 6.20 Å². The Balaban J connectivity index is 1.21. The summed E-state index contributed by atoms with van der Waals surface area (Å²) < 4.78 is 0. The summed E-state index contributed by atoms with van der Waals surface area (Å²) in [4.78, 5) is 32.7. The summed E-state index contributed by atoms with van der Waals surface area (Å²) in [6, 6.07) is 16.2. The first kappa shape index (κ1) is 19.3. The number of carbonyl (C=O) groups is 2. The van der Waals surface area contributed by atoms with Crippen LogP contribution in [-0.4, -0.2) is 40.8 Å². The van der Waals surface area contributed by atoms with E-state index in [0.29, 0.717) is 6.54 Å². The number of piperidine rings is 1. The minimum absolute atomic E-state index is 0.0215. The Bertz CT molecular complexity index is 911. The second kappa shape index (κ2) is 7.86. The lowest BCUT2D eigenvalue weighted by Crippen LogP contribution is -2.56. The topological polar surface area (TPSA) is 62.3 Å². The monoisotopic (exact) mass is 403 g/mol. The van der Waals surface area contributed by atoms with Gasteiger partial charge in [0.15, 0.2) is 0 Å². The third kappa shape index (κ3) is 3.51. The lowest BCUT2D eigenvalue weighted by molar-refractivity contribution is -0.143. The van der Waals surface area contributed by atoms with Crippen LogP contribution in [0.1, 0.15) is 55.7 Å². The number of benzene rings is 1. The van der Waals surface area contributed by atoms with Crippen molar-refractivity contribution in [3.63, 3.8) is 0 Å². The highest BCUT2D eigenvalue weighted by Gasteiger charge is 2.49. The number of amides is 2. The van der Waals surface area contributed by atoms with E-state index in [1.807, 2.05) is 41.3 Å². The molecule has 5 rings (SSSR count). The van der Waals surface area contributed by atoms with E-state index in [9.17, 15) is 9.59 Å². The molecule has 156 valence electrons. The number of carbonyl (C=O) groups excluding carboxylic acids is 2. The first-order valence-corrected chi connectivity index (χ1v) is 11.2. The molecule has 0 radical (unpaired) electrons. The first-order chi connectivity index (χ1) is 14.7. The van der Waals surface area contributed by atoms with Crippen LogP contribution in [0.2, 0.25) is 0 Å². The lowest BCUT2D eigenvalue weighted by atomic mass is 9.63. The van der Waals surface area contributed by atoms with Gasteiger partial charge >= 0.3 is 0 Å². The van der Waals surface area contributed by atoms with Crippen LogP contribution in [0.25, 0.3) is 0 Å². The molecule has 2 heterocycles. The van der Waals surface area contributed by atoms with Gasteiger partial charge in [0.1, 0.15) is 0 Å². The van der Waals surface area contributed by atoms with Crippen molar-refractivity contribution < 1.29 is 9.59 Å². The maximum absolute atomic E-state index is 13.5. The molecule has 5 heteroatoms. The van der Waals surface area contributed by atoms with Gasteiger partial charge in [-0.3, -0.25) is 14.6 Å². The van der Waals surface area contributed by atoms with E-state index in [-0.39, 0.29) is 35.1 Å². The van der Waals surface area contributed by atoms with Crippen molar-refractivity contribution in [2.24, 2.45) is 5.92 Å². The van der Waals surface area contributed by atoms with E-state index in [0.717, 1.165) is 56.3 Å². The fraction of sp³-hybridized carbons (Fsp3) is 0.480. The van der Waals surface area contributed by atoms with Crippen molar-refractivity contribution in [2.75, 3.05) is 13.1 Å². The number of likely N-dealkylation sites (tertiary alicyclic amines) is 1. The highest BCUT2D eigenvalue weighted by Crippen LogP contribution is 2.47. The summed E-state index contributed by atoms with van der Waals surface area (Å²) in [5.74, 6) is 0.625. The van der Waals surface area contributed by atoms with Gasteiger partial charge in [-0.1, -0.05) is 42.8 Å². The molecule has 1 aliphatic heterocycles. The lowest BCUT2D eigenvalue weighted by Gasteiger charge is -2.46. The van der Waals surface area contributed by atoms with Gasteiger partial charge < -0.3 is 10.2 Å². The maximum atomic E-state index is 13.5. The van der Waals surface area contributed by atoms with Gasteiger partial charge in [0.05, 0.1) is 5.41 Å². The number of hydrogen-bond donors (Lipinski definition) is 1. The zero-order chi connectivity index (χ0) is 20.6. The van der Waals surface area contributed by atoms with Gasteiger partial charge in [0.2, 0.25) is 11.8 Å². The van der Waals surface area contributed by atoms with Gasteiger partial charge in [-0.15, -0.1) is 0 Å². The Hall–Kier alpha value is -2.69. The molecular formula is C25H29N3O2.